The molecule has 0 bridgehead atoms. The number of hydrogen-bond acceptors (Lipinski definition) is 6. The van der Waals surface area contributed by atoms with Gasteiger partial charge in [-0.25, -0.2) is 4.79 Å². The molecule has 1 aliphatic heterocycles. The van der Waals surface area contributed by atoms with Crippen molar-refractivity contribution in [3.8, 4) is 11.5 Å². The molecule has 0 saturated carbocycles. The molecule has 2 aromatic rings. The highest BCUT2D eigenvalue weighted by atomic mass is 16.6. The molecule has 1 aliphatic rings. The highest BCUT2D eigenvalue weighted by molar-refractivity contribution is 5.92. The second kappa shape index (κ2) is 6.67. The zero-order valence-corrected chi connectivity index (χ0v) is 15.8. The molecule has 6 heteroatoms. The summed E-state index contributed by atoms with van der Waals surface area (Å²) in [5.41, 5.74) is 0.447. The molecule has 0 aliphatic carbocycles. The van der Waals surface area contributed by atoms with Gasteiger partial charge in [0.1, 0.15) is 5.60 Å². The highest BCUT2D eigenvalue weighted by Crippen LogP contribution is 2.48. The van der Waals surface area contributed by atoms with Gasteiger partial charge in [-0.3, -0.25) is 4.79 Å². The Morgan fingerprint density at radius 3 is 2.65 bits per heavy atom. The molecule has 1 aromatic carbocycles. The summed E-state index contributed by atoms with van der Waals surface area (Å²) in [4.78, 5) is 24.6. The second-order valence-electron chi connectivity index (χ2n) is 7.10. The lowest BCUT2D eigenvalue weighted by atomic mass is 9.85. The van der Waals surface area contributed by atoms with E-state index >= 15 is 0 Å². The van der Waals surface area contributed by atoms with Gasteiger partial charge in [-0.15, -0.1) is 0 Å². The van der Waals surface area contributed by atoms with Crippen LogP contribution < -0.4 is 14.9 Å². The topological polar surface area (TPSA) is 75.0 Å². The quantitative estimate of drug-likeness (QED) is 0.766. The lowest BCUT2D eigenvalue weighted by Crippen LogP contribution is -2.34. The monoisotopic (exact) mass is 360 g/mol. The summed E-state index contributed by atoms with van der Waals surface area (Å²) in [6.07, 6.45) is 0.823. The van der Waals surface area contributed by atoms with E-state index < -0.39 is 5.97 Å². The summed E-state index contributed by atoms with van der Waals surface area (Å²) in [6, 6.07) is 2.95. The summed E-state index contributed by atoms with van der Waals surface area (Å²) in [6.45, 7) is 10.2. The normalized spacial score (nSPS) is 18.1. The van der Waals surface area contributed by atoms with E-state index in [2.05, 4.69) is 6.92 Å². The van der Waals surface area contributed by atoms with E-state index in [1.54, 1.807) is 13.0 Å². The summed E-state index contributed by atoms with van der Waals surface area (Å²) in [5, 5.41) is 0.371. The van der Waals surface area contributed by atoms with Gasteiger partial charge in [0.15, 0.2) is 16.8 Å². The van der Waals surface area contributed by atoms with E-state index in [1.165, 1.54) is 6.07 Å². The average molecular weight is 360 g/mol. The van der Waals surface area contributed by atoms with Crippen molar-refractivity contribution >= 4 is 16.9 Å². The van der Waals surface area contributed by atoms with Crippen LogP contribution >= 0.6 is 0 Å². The van der Waals surface area contributed by atoms with Crippen molar-refractivity contribution in [3.63, 3.8) is 0 Å². The summed E-state index contributed by atoms with van der Waals surface area (Å²) < 4.78 is 22.6. The highest BCUT2D eigenvalue weighted by Gasteiger charge is 2.35. The molecule has 3 rings (SSSR count). The second-order valence-corrected chi connectivity index (χ2v) is 7.10. The Morgan fingerprint density at radius 1 is 1.27 bits per heavy atom. The first-order chi connectivity index (χ1) is 12.3. The van der Waals surface area contributed by atoms with Gasteiger partial charge in [-0.05, 0) is 46.1 Å². The Kier molecular flexibility index (Phi) is 4.69. The minimum absolute atomic E-state index is 0.145. The number of carbonyl (C=O) groups is 1. The molecule has 1 unspecified atom stereocenters. The zero-order chi connectivity index (χ0) is 19.1. The van der Waals surface area contributed by atoms with Crippen LogP contribution in [0, 0.1) is 0 Å². The standard InChI is InChI=1S/C20H24O6/c1-6-23-18-16-13(14(21)9-15(25-16)19(22)24-7-2)8-12-11(3)10-20(4,5)26-17(12)18/h8-9,11H,6-7,10H2,1-5H3. The van der Waals surface area contributed by atoms with E-state index in [-0.39, 0.29) is 34.9 Å². The molecule has 0 spiro atoms. The number of ether oxygens (including phenoxy) is 3. The van der Waals surface area contributed by atoms with Crippen LogP contribution in [0.1, 0.15) is 63.1 Å². The number of hydrogen-bond donors (Lipinski definition) is 0. The predicted octanol–water partition coefficient (Wildman–Crippen LogP) is 4.03. The van der Waals surface area contributed by atoms with Crippen molar-refractivity contribution < 1.29 is 23.4 Å². The van der Waals surface area contributed by atoms with Crippen LogP contribution in [0.3, 0.4) is 0 Å². The molecule has 0 fully saturated rings. The van der Waals surface area contributed by atoms with Gasteiger partial charge >= 0.3 is 5.97 Å². The molecule has 2 heterocycles. The maximum atomic E-state index is 12.6. The van der Waals surface area contributed by atoms with Crippen LogP contribution in [-0.4, -0.2) is 24.8 Å². The molecule has 0 amide bonds. The van der Waals surface area contributed by atoms with Gasteiger partial charge in [-0.2, -0.15) is 0 Å². The van der Waals surface area contributed by atoms with Crippen molar-refractivity contribution in [2.75, 3.05) is 13.2 Å². The number of rotatable bonds is 4. The van der Waals surface area contributed by atoms with Crippen LogP contribution in [0.2, 0.25) is 0 Å². The summed E-state index contributed by atoms with van der Waals surface area (Å²) in [5.74, 6) is 0.311. The first-order valence-electron chi connectivity index (χ1n) is 8.91. The van der Waals surface area contributed by atoms with Gasteiger partial charge in [0.25, 0.3) is 0 Å². The number of fused-ring (bicyclic) bond motifs is 2. The number of carbonyl (C=O) groups excluding carboxylic acids is 1. The first-order valence-corrected chi connectivity index (χ1v) is 8.91. The fourth-order valence-electron chi connectivity index (χ4n) is 3.48. The van der Waals surface area contributed by atoms with E-state index in [1.807, 2.05) is 20.8 Å². The van der Waals surface area contributed by atoms with Crippen LogP contribution in [0.5, 0.6) is 11.5 Å². The summed E-state index contributed by atoms with van der Waals surface area (Å²) >= 11 is 0. The van der Waals surface area contributed by atoms with Gasteiger partial charge in [0.05, 0.1) is 18.6 Å². The maximum absolute atomic E-state index is 12.6. The third kappa shape index (κ3) is 3.16. The average Bonchev–Trinajstić information content (AvgIpc) is 2.55. The zero-order valence-electron chi connectivity index (χ0n) is 15.8. The molecule has 0 N–H and O–H groups in total. The molecule has 26 heavy (non-hydrogen) atoms. The van der Waals surface area contributed by atoms with Crippen LogP contribution in [0.25, 0.3) is 11.0 Å². The van der Waals surface area contributed by atoms with Gasteiger partial charge in [0, 0.05) is 11.6 Å². The van der Waals surface area contributed by atoms with Crippen LogP contribution in [-0.2, 0) is 4.74 Å². The van der Waals surface area contributed by atoms with Gasteiger partial charge in [0.2, 0.25) is 11.5 Å². The summed E-state index contributed by atoms with van der Waals surface area (Å²) in [7, 11) is 0. The molecule has 6 nitrogen and oxygen atoms in total. The smallest absolute Gasteiger partial charge is 0.374 e. The Hall–Kier alpha value is -2.50. The van der Waals surface area contributed by atoms with Gasteiger partial charge < -0.3 is 18.6 Å². The van der Waals surface area contributed by atoms with Crippen molar-refractivity contribution in [1.82, 2.24) is 0 Å². The molecular weight excluding hydrogens is 336 g/mol. The number of esters is 1. The lowest BCUT2D eigenvalue weighted by Gasteiger charge is -2.37. The molecule has 0 saturated heterocycles. The Bertz CT molecular complexity index is 909. The van der Waals surface area contributed by atoms with Crippen molar-refractivity contribution in [1.29, 1.82) is 0 Å². The molecule has 0 radical (unpaired) electrons. The van der Waals surface area contributed by atoms with E-state index in [0.717, 1.165) is 12.0 Å². The fourth-order valence-corrected chi connectivity index (χ4v) is 3.48. The molecule has 1 atom stereocenters. The third-order valence-corrected chi connectivity index (χ3v) is 4.43. The predicted molar refractivity (Wildman–Crippen MR) is 97.3 cm³/mol. The van der Waals surface area contributed by atoms with Crippen LogP contribution in [0.4, 0.5) is 0 Å². The van der Waals surface area contributed by atoms with E-state index in [0.29, 0.717) is 23.5 Å². The molecule has 1 aromatic heterocycles. The maximum Gasteiger partial charge on any atom is 0.374 e. The van der Waals surface area contributed by atoms with Crippen molar-refractivity contribution in [3.05, 3.63) is 33.7 Å². The first kappa shape index (κ1) is 18.3. The largest absolute Gasteiger partial charge is 0.487 e. The van der Waals surface area contributed by atoms with E-state index in [4.69, 9.17) is 18.6 Å². The van der Waals surface area contributed by atoms with Crippen molar-refractivity contribution in [2.45, 2.75) is 52.6 Å². The number of benzene rings is 1. The SMILES string of the molecule is CCOC(=O)c1cc(=O)c2cc3c(c(OCC)c2o1)OC(C)(C)CC3C. The van der Waals surface area contributed by atoms with E-state index in [9.17, 15) is 9.59 Å². The Labute approximate surface area is 152 Å². The fraction of sp³-hybridized carbons (Fsp3) is 0.500. The third-order valence-electron chi connectivity index (χ3n) is 4.43. The van der Waals surface area contributed by atoms with Crippen LogP contribution in [0.15, 0.2) is 21.3 Å². The Morgan fingerprint density at radius 2 is 2.00 bits per heavy atom. The van der Waals surface area contributed by atoms with Crippen molar-refractivity contribution in [2.24, 2.45) is 0 Å². The minimum Gasteiger partial charge on any atom is -0.487 e. The van der Waals surface area contributed by atoms with Gasteiger partial charge in [-0.1, -0.05) is 6.92 Å². The Balaban J connectivity index is 2.31. The minimum atomic E-state index is -0.679. The lowest BCUT2D eigenvalue weighted by molar-refractivity contribution is 0.0489. The molecule has 140 valence electrons. The molecular formula is C20H24O6.